The molecule has 5 nitrogen and oxygen atoms in total. The number of rotatable bonds is 3. The van der Waals surface area contributed by atoms with Gasteiger partial charge in [0.25, 0.3) is 0 Å². The first kappa shape index (κ1) is 12.8. The fourth-order valence-electron chi connectivity index (χ4n) is 1.24. The fourth-order valence-corrected chi connectivity index (χ4v) is 1.74. The summed E-state index contributed by atoms with van der Waals surface area (Å²) in [6.45, 7) is 0. The average molecular weight is 328 g/mol. The molecule has 2 aromatic rings. The molecule has 0 fully saturated rings. The fraction of sp³-hybridized carbons (Fsp3) is 0. The number of nitrogen functional groups attached to an aromatic ring is 1. The van der Waals surface area contributed by atoms with Gasteiger partial charge in [0, 0.05) is 16.9 Å². The number of ether oxygens (including phenoxy) is 1. The number of halogens is 2. The van der Waals surface area contributed by atoms with E-state index in [-0.39, 0.29) is 17.4 Å². The molecule has 0 spiro atoms. The molecule has 1 aromatic carbocycles. The van der Waals surface area contributed by atoms with E-state index in [0.717, 1.165) is 4.47 Å². The molecule has 1 heterocycles. The van der Waals surface area contributed by atoms with Crippen molar-refractivity contribution in [2.24, 2.45) is 5.73 Å². The molecule has 1 aromatic heterocycles. The van der Waals surface area contributed by atoms with Crippen molar-refractivity contribution in [2.75, 3.05) is 0 Å². The summed E-state index contributed by atoms with van der Waals surface area (Å²) in [5.74, 6) is 0.336. The second-order valence-corrected chi connectivity index (χ2v) is 4.62. The highest BCUT2D eigenvalue weighted by Gasteiger charge is 2.12. The maximum Gasteiger partial charge on any atom is 0.249 e. The molecule has 0 saturated heterocycles. The monoisotopic (exact) mass is 326 g/mol. The second-order valence-electron chi connectivity index (χ2n) is 3.30. The van der Waals surface area contributed by atoms with Crippen LogP contribution in [0.4, 0.5) is 0 Å². The van der Waals surface area contributed by atoms with Gasteiger partial charge in [-0.15, -0.1) is 0 Å². The lowest BCUT2D eigenvalue weighted by Crippen LogP contribution is -2.15. The first-order valence-corrected chi connectivity index (χ1v) is 6.03. The number of benzene rings is 1. The summed E-state index contributed by atoms with van der Waals surface area (Å²) >= 11 is 9.31. The van der Waals surface area contributed by atoms with E-state index in [1.165, 1.54) is 12.4 Å². The molecule has 0 aliphatic rings. The topological polar surface area (TPSA) is 84.9 Å². The van der Waals surface area contributed by atoms with Crippen LogP contribution in [-0.2, 0) is 0 Å². The maximum atomic E-state index is 7.39. The summed E-state index contributed by atoms with van der Waals surface area (Å²) < 4.78 is 6.34. The van der Waals surface area contributed by atoms with Gasteiger partial charge in [-0.3, -0.25) is 5.41 Å². The third-order valence-electron chi connectivity index (χ3n) is 2.02. The number of nitrogens with zero attached hydrogens (tertiary/aromatic N) is 2. The van der Waals surface area contributed by atoms with Gasteiger partial charge >= 0.3 is 0 Å². The van der Waals surface area contributed by atoms with Gasteiger partial charge in [-0.2, -0.15) is 0 Å². The van der Waals surface area contributed by atoms with Crippen LogP contribution >= 0.6 is 27.5 Å². The van der Waals surface area contributed by atoms with E-state index in [1.54, 1.807) is 18.2 Å². The highest BCUT2D eigenvalue weighted by atomic mass is 79.9. The number of nitrogens with two attached hydrogens (primary N) is 1. The van der Waals surface area contributed by atoms with Crippen molar-refractivity contribution in [3.05, 3.63) is 45.8 Å². The van der Waals surface area contributed by atoms with Crippen molar-refractivity contribution >= 4 is 33.4 Å². The Kier molecular flexibility index (Phi) is 3.78. The molecule has 0 unspecified atom stereocenters. The molecule has 92 valence electrons. The predicted octanol–water partition coefficient (Wildman–Crippen LogP) is 2.97. The van der Waals surface area contributed by atoms with Gasteiger partial charge in [-0.1, -0.05) is 27.5 Å². The molecular formula is C11H8BrClN4O. The number of hydrogen-bond acceptors (Lipinski definition) is 4. The van der Waals surface area contributed by atoms with Crippen LogP contribution in [0.25, 0.3) is 0 Å². The lowest BCUT2D eigenvalue weighted by Gasteiger charge is -2.09. The van der Waals surface area contributed by atoms with Crippen LogP contribution in [0.2, 0.25) is 5.02 Å². The molecule has 0 aliphatic carbocycles. The molecular weight excluding hydrogens is 320 g/mol. The summed E-state index contributed by atoms with van der Waals surface area (Å²) in [6.07, 6.45) is 2.89. The summed E-state index contributed by atoms with van der Waals surface area (Å²) in [6, 6.07) is 5.17. The van der Waals surface area contributed by atoms with E-state index >= 15 is 0 Å². The third kappa shape index (κ3) is 2.77. The summed E-state index contributed by atoms with van der Waals surface area (Å²) in [5, 5.41) is 7.82. The van der Waals surface area contributed by atoms with E-state index in [1.807, 2.05) is 0 Å². The lowest BCUT2D eigenvalue weighted by atomic mass is 10.3. The van der Waals surface area contributed by atoms with Crippen molar-refractivity contribution < 1.29 is 4.74 Å². The van der Waals surface area contributed by atoms with Crippen molar-refractivity contribution in [3.8, 4) is 11.6 Å². The van der Waals surface area contributed by atoms with Crippen LogP contribution in [0.1, 0.15) is 5.69 Å². The number of hydrogen-bond donors (Lipinski definition) is 2. The van der Waals surface area contributed by atoms with Crippen LogP contribution in [-0.4, -0.2) is 15.8 Å². The van der Waals surface area contributed by atoms with E-state index in [9.17, 15) is 0 Å². The number of nitrogens with one attached hydrogen (secondary N) is 1. The van der Waals surface area contributed by atoms with Gasteiger partial charge < -0.3 is 10.5 Å². The minimum Gasteiger partial charge on any atom is -0.435 e. The van der Waals surface area contributed by atoms with E-state index in [0.29, 0.717) is 10.8 Å². The van der Waals surface area contributed by atoms with Gasteiger partial charge in [0.05, 0.1) is 5.02 Å². The number of aromatic nitrogens is 2. The largest absolute Gasteiger partial charge is 0.435 e. The minimum atomic E-state index is -0.218. The SMILES string of the molecule is N=C(N)c1nccnc1Oc1cc(Br)ccc1Cl. The van der Waals surface area contributed by atoms with E-state index in [2.05, 4.69) is 25.9 Å². The second kappa shape index (κ2) is 5.32. The van der Waals surface area contributed by atoms with Gasteiger partial charge in [-0.05, 0) is 18.2 Å². The third-order valence-corrected chi connectivity index (χ3v) is 2.83. The maximum absolute atomic E-state index is 7.39. The normalized spacial score (nSPS) is 10.1. The Morgan fingerprint density at radius 3 is 2.78 bits per heavy atom. The molecule has 18 heavy (non-hydrogen) atoms. The van der Waals surface area contributed by atoms with Gasteiger partial charge in [0.15, 0.2) is 5.69 Å². The summed E-state index contributed by atoms with van der Waals surface area (Å²) in [4.78, 5) is 7.92. The zero-order chi connectivity index (χ0) is 13.1. The number of amidine groups is 1. The summed E-state index contributed by atoms with van der Waals surface area (Å²) in [5.41, 5.74) is 5.57. The smallest absolute Gasteiger partial charge is 0.249 e. The Labute approximate surface area is 117 Å². The highest BCUT2D eigenvalue weighted by Crippen LogP contribution is 2.31. The zero-order valence-electron chi connectivity index (χ0n) is 9.02. The average Bonchev–Trinajstić information content (AvgIpc) is 2.34. The van der Waals surface area contributed by atoms with Gasteiger partial charge in [-0.25, -0.2) is 9.97 Å². The first-order chi connectivity index (χ1) is 8.58. The van der Waals surface area contributed by atoms with Crippen LogP contribution in [0.3, 0.4) is 0 Å². The molecule has 0 atom stereocenters. The zero-order valence-corrected chi connectivity index (χ0v) is 11.4. The molecule has 0 radical (unpaired) electrons. The highest BCUT2D eigenvalue weighted by molar-refractivity contribution is 9.10. The van der Waals surface area contributed by atoms with Gasteiger partial charge in [0.2, 0.25) is 5.88 Å². The van der Waals surface area contributed by atoms with E-state index in [4.69, 9.17) is 27.5 Å². The van der Waals surface area contributed by atoms with Crippen LogP contribution in [0.5, 0.6) is 11.6 Å². The molecule has 3 N–H and O–H groups in total. The standard InChI is InChI=1S/C11H8BrClN4O/c12-6-1-2-7(13)8(5-6)18-11-9(10(14)15)16-3-4-17-11/h1-5H,(H3,14,15). The Bertz CT molecular complexity index is 605. The predicted molar refractivity (Wildman–Crippen MR) is 72.3 cm³/mol. The molecule has 0 saturated carbocycles. The van der Waals surface area contributed by atoms with Crippen LogP contribution in [0.15, 0.2) is 35.1 Å². The van der Waals surface area contributed by atoms with Crippen LogP contribution in [0, 0.1) is 5.41 Å². The van der Waals surface area contributed by atoms with Gasteiger partial charge in [0.1, 0.15) is 11.6 Å². The molecule has 7 heteroatoms. The van der Waals surface area contributed by atoms with Crippen molar-refractivity contribution in [1.29, 1.82) is 5.41 Å². The van der Waals surface area contributed by atoms with Crippen molar-refractivity contribution in [3.63, 3.8) is 0 Å². The molecule has 0 aliphatic heterocycles. The Hall–Kier alpha value is -1.66. The minimum absolute atomic E-state index is 0.144. The Morgan fingerprint density at radius 2 is 2.06 bits per heavy atom. The molecule has 2 rings (SSSR count). The lowest BCUT2D eigenvalue weighted by molar-refractivity contribution is 0.458. The Balaban J connectivity index is 2.40. The Morgan fingerprint density at radius 1 is 1.33 bits per heavy atom. The molecule has 0 bridgehead atoms. The van der Waals surface area contributed by atoms with Crippen molar-refractivity contribution in [1.82, 2.24) is 9.97 Å². The first-order valence-electron chi connectivity index (χ1n) is 4.86. The van der Waals surface area contributed by atoms with Crippen molar-refractivity contribution in [2.45, 2.75) is 0 Å². The summed E-state index contributed by atoms with van der Waals surface area (Å²) in [7, 11) is 0. The molecule has 0 amide bonds. The quantitative estimate of drug-likeness (QED) is 0.670. The van der Waals surface area contributed by atoms with E-state index < -0.39 is 0 Å². The van der Waals surface area contributed by atoms with Crippen LogP contribution < -0.4 is 10.5 Å².